The number of esters is 6. The summed E-state index contributed by atoms with van der Waals surface area (Å²) >= 11 is 0. The Morgan fingerprint density at radius 1 is 0.268 bits per heavy atom. The van der Waals surface area contributed by atoms with Crippen LogP contribution in [-0.4, -0.2) is 75.5 Å². The lowest BCUT2D eigenvalue weighted by Crippen LogP contribution is -2.46. The molecule has 0 heterocycles. The summed E-state index contributed by atoms with van der Waals surface area (Å²) in [5.41, 5.74) is -2.11. The topological polar surface area (TPSA) is 158 Å². The van der Waals surface area contributed by atoms with Crippen molar-refractivity contribution >= 4 is 35.8 Å². The molecular formula is C59H110O12. The number of hydrogen-bond donors (Lipinski definition) is 0. The smallest absolute Gasteiger partial charge is 0.306 e. The Morgan fingerprint density at radius 3 is 0.606 bits per heavy atom. The first-order valence-corrected chi connectivity index (χ1v) is 26.3. The highest BCUT2D eigenvalue weighted by Crippen LogP contribution is 2.55. The second-order valence-corrected chi connectivity index (χ2v) is 29.8. The maximum absolute atomic E-state index is 12.6. The first-order chi connectivity index (χ1) is 31.4. The van der Waals surface area contributed by atoms with Crippen molar-refractivity contribution in [1.82, 2.24) is 0 Å². The molecule has 0 aliphatic rings. The van der Waals surface area contributed by atoms with Crippen LogP contribution in [0, 0.1) is 59.6 Å². The zero-order valence-corrected chi connectivity index (χ0v) is 50.7. The zero-order chi connectivity index (χ0) is 56.5. The molecular weight excluding hydrogens is 901 g/mol. The van der Waals surface area contributed by atoms with Crippen LogP contribution in [0.2, 0.25) is 0 Å². The fourth-order valence-electron chi connectivity index (χ4n) is 7.68. The summed E-state index contributed by atoms with van der Waals surface area (Å²) < 4.78 is 33.4. The van der Waals surface area contributed by atoms with Crippen LogP contribution < -0.4 is 0 Å². The molecule has 0 atom stereocenters. The van der Waals surface area contributed by atoms with Crippen molar-refractivity contribution < 1.29 is 57.2 Å². The maximum atomic E-state index is 12.6. The van der Waals surface area contributed by atoms with Crippen molar-refractivity contribution in [3.8, 4) is 0 Å². The lowest BCUT2D eigenvalue weighted by molar-refractivity contribution is -0.171. The minimum absolute atomic E-state index is 0.0517. The van der Waals surface area contributed by atoms with Crippen molar-refractivity contribution in [2.75, 3.05) is 39.6 Å². The summed E-state index contributed by atoms with van der Waals surface area (Å²) in [6.07, 6.45) is 4.02. The Labute approximate surface area is 435 Å². The molecule has 0 aliphatic heterocycles. The Bertz CT molecular complexity index is 1440. The lowest BCUT2D eigenvalue weighted by Gasteiger charge is -2.51. The van der Waals surface area contributed by atoms with Gasteiger partial charge in [0.25, 0.3) is 0 Å². The van der Waals surface area contributed by atoms with E-state index in [-0.39, 0.29) is 131 Å². The van der Waals surface area contributed by atoms with Crippen LogP contribution >= 0.6 is 0 Å². The van der Waals surface area contributed by atoms with Crippen molar-refractivity contribution in [3.05, 3.63) is 0 Å². The largest absolute Gasteiger partial charge is 0.465 e. The van der Waals surface area contributed by atoms with E-state index >= 15 is 0 Å². The predicted molar refractivity (Wildman–Crippen MR) is 286 cm³/mol. The van der Waals surface area contributed by atoms with Gasteiger partial charge >= 0.3 is 35.8 Å². The van der Waals surface area contributed by atoms with Gasteiger partial charge in [-0.05, 0) is 79.8 Å². The van der Waals surface area contributed by atoms with Crippen LogP contribution in [0.3, 0.4) is 0 Å². The second kappa shape index (κ2) is 27.4. The SMILES string of the molecule is CC(C)(C)C(C)(CC(=O)OCCOC(=O)CC(C)(C(C)(C)C)C(C)(C)C)C(C)(C)C.CC(C)(C)CCC(=O)OCC(COC(=O)CCC(C)(C)C)(COC(=O)CCC(C)(C)C)COC(=O)CCC(C)(C)C. The standard InChI is InChI=1S/C33H60O8.C26H50O4/c1-29(2,3)17-13-25(34)38-21-33(22-39-26(35)14-18-30(4,5)6,23-40-27(36)15-19-31(7,8)9)24-41-28(37)16-20-32(10,11)12;1-21(2,3)25(13,22(4,5)6)17-19(27)29-15-16-30-20(28)18-26(14,23(7,8)9)24(10,11)12/h13-24H2,1-12H3;15-18H2,1-14H3. The number of carbonyl (C=O) groups is 6. The minimum Gasteiger partial charge on any atom is -0.465 e. The molecule has 71 heavy (non-hydrogen) atoms. The van der Waals surface area contributed by atoms with E-state index in [0.717, 1.165) is 0 Å². The Balaban J connectivity index is 0. The summed E-state index contributed by atoms with van der Waals surface area (Å²) in [4.78, 5) is 75.6. The van der Waals surface area contributed by atoms with Gasteiger partial charge in [-0.2, -0.15) is 0 Å². The van der Waals surface area contributed by atoms with E-state index in [0.29, 0.717) is 38.5 Å². The summed E-state index contributed by atoms with van der Waals surface area (Å²) in [5.74, 6) is -2.15. The molecule has 0 amide bonds. The first-order valence-electron chi connectivity index (χ1n) is 26.3. The molecule has 12 heteroatoms. The van der Waals surface area contributed by atoms with E-state index in [4.69, 9.17) is 28.4 Å². The van der Waals surface area contributed by atoms with Gasteiger partial charge in [0.1, 0.15) is 45.1 Å². The monoisotopic (exact) mass is 1010 g/mol. The average Bonchev–Trinajstić information content (AvgIpc) is 3.16. The Hall–Kier alpha value is -3.18. The maximum Gasteiger partial charge on any atom is 0.306 e. The van der Waals surface area contributed by atoms with E-state index in [1.165, 1.54) is 0 Å². The fourth-order valence-corrected chi connectivity index (χ4v) is 7.68. The minimum atomic E-state index is -1.23. The quantitative estimate of drug-likeness (QED) is 0.0543. The average molecular weight is 1010 g/mol. The molecule has 0 rings (SSSR count). The summed E-state index contributed by atoms with van der Waals surface area (Å²) in [7, 11) is 0. The normalized spacial score (nSPS) is 13.6. The molecule has 0 radical (unpaired) electrons. The lowest BCUT2D eigenvalue weighted by atomic mass is 9.54. The predicted octanol–water partition coefficient (Wildman–Crippen LogP) is 14.5. The molecule has 0 aromatic carbocycles. The highest BCUT2D eigenvalue weighted by molar-refractivity contribution is 5.72. The zero-order valence-electron chi connectivity index (χ0n) is 50.7. The van der Waals surface area contributed by atoms with Crippen LogP contribution in [0.1, 0.15) is 244 Å². The van der Waals surface area contributed by atoms with Crippen molar-refractivity contribution in [1.29, 1.82) is 0 Å². The van der Waals surface area contributed by atoms with Gasteiger partial charge in [0, 0.05) is 25.7 Å². The van der Waals surface area contributed by atoms with E-state index < -0.39 is 29.3 Å². The third-order valence-electron chi connectivity index (χ3n) is 14.7. The summed E-state index contributed by atoms with van der Waals surface area (Å²) in [6, 6.07) is 0. The first kappa shape index (κ1) is 69.9. The molecule has 0 N–H and O–H groups in total. The summed E-state index contributed by atoms with van der Waals surface area (Å²) in [6.45, 7) is 54.0. The molecule has 0 bridgehead atoms. The molecule has 0 aromatic rings. The van der Waals surface area contributed by atoms with Crippen molar-refractivity contribution in [2.24, 2.45) is 59.6 Å². The van der Waals surface area contributed by atoms with Gasteiger partial charge < -0.3 is 28.4 Å². The number of rotatable bonds is 23. The molecule has 0 spiro atoms. The highest BCUT2D eigenvalue weighted by Gasteiger charge is 2.49. The van der Waals surface area contributed by atoms with Crippen LogP contribution in [0.15, 0.2) is 0 Å². The van der Waals surface area contributed by atoms with Gasteiger partial charge in [-0.15, -0.1) is 0 Å². The molecule has 0 aliphatic carbocycles. The summed E-state index contributed by atoms with van der Waals surface area (Å²) in [5, 5.41) is 0. The highest BCUT2D eigenvalue weighted by atomic mass is 16.6. The van der Waals surface area contributed by atoms with Crippen LogP contribution in [0.5, 0.6) is 0 Å². The van der Waals surface area contributed by atoms with Gasteiger partial charge in [-0.25, -0.2) is 0 Å². The van der Waals surface area contributed by atoms with Gasteiger partial charge in [0.15, 0.2) is 0 Å². The fraction of sp³-hybridized carbons (Fsp3) is 0.898. The Morgan fingerprint density at radius 2 is 0.451 bits per heavy atom. The Kier molecular flexibility index (Phi) is 27.0. The molecule has 0 saturated carbocycles. The van der Waals surface area contributed by atoms with Crippen LogP contribution in [0.4, 0.5) is 0 Å². The molecule has 0 unspecified atom stereocenters. The molecule has 0 saturated heterocycles. The van der Waals surface area contributed by atoms with Gasteiger partial charge in [-0.1, -0.05) is 180 Å². The molecule has 0 fully saturated rings. The molecule has 418 valence electrons. The van der Waals surface area contributed by atoms with Gasteiger partial charge in [-0.3, -0.25) is 28.8 Å². The third-order valence-corrected chi connectivity index (χ3v) is 14.7. The van der Waals surface area contributed by atoms with E-state index in [1.807, 2.05) is 83.1 Å². The number of carbonyl (C=O) groups excluding carboxylic acids is 6. The van der Waals surface area contributed by atoms with Gasteiger partial charge in [0.05, 0.1) is 12.8 Å². The van der Waals surface area contributed by atoms with E-state index in [9.17, 15) is 28.8 Å². The molecule has 12 nitrogen and oxygen atoms in total. The van der Waals surface area contributed by atoms with Crippen molar-refractivity contribution in [2.45, 2.75) is 244 Å². The number of hydrogen-bond acceptors (Lipinski definition) is 12. The van der Waals surface area contributed by atoms with E-state index in [2.05, 4.69) is 96.9 Å². The van der Waals surface area contributed by atoms with E-state index in [1.54, 1.807) is 0 Å². The second-order valence-electron chi connectivity index (χ2n) is 29.8. The molecule has 0 aromatic heterocycles. The third kappa shape index (κ3) is 29.3. The van der Waals surface area contributed by atoms with Crippen LogP contribution in [-0.2, 0) is 57.2 Å². The van der Waals surface area contributed by atoms with Crippen LogP contribution in [0.25, 0.3) is 0 Å². The number of ether oxygens (including phenoxy) is 6. The van der Waals surface area contributed by atoms with Crippen molar-refractivity contribution in [3.63, 3.8) is 0 Å². The van der Waals surface area contributed by atoms with Gasteiger partial charge in [0.2, 0.25) is 0 Å².